The van der Waals surface area contributed by atoms with Gasteiger partial charge < -0.3 is 9.55 Å². The number of fused-ring (bicyclic) bond motifs is 1. The van der Waals surface area contributed by atoms with Crippen molar-refractivity contribution >= 4 is 15.7 Å². The Kier molecular flexibility index (Phi) is 5.39. The molecule has 1 aromatic carbocycles. The van der Waals surface area contributed by atoms with Crippen molar-refractivity contribution in [3.05, 3.63) is 77.5 Å². The first-order valence-corrected chi connectivity index (χ1v) is 11.9. The molecule has 12 heteroatoms. The zero-order chi connectivity index (χ0) is 24.0. The van der Waals surface area contributed by atoms with Gasteiger partial charge in [0.05, 0.1) is 23.9 Å². The lowest BCUT2D eigenvalue weighted by atomic mass is 9.89. The van der Waals surface area contributed by atoms with Crippen molar-refractivity contribution in [3.63, 3.8) is 0 Å². The van der Waals surface area contributed by atoms with Gasteiger partial charge in [-0.2, -0.15) is 0 Å². The molecule has 8 nitrogen and oxygen atoms in total. The summed E-state index contributed by atoms with van der Waals surface area (Å²) in [4.78, 5) is 14.9. The van der Waals surface area contributed by atoms with Crippen LogP contribution in [-0.2, 0) is 23.0 Å². The van der Waals surface area contributed by atoms with E-state index in [1.807, 2.05) is 4.57 Å². The van der Waals surface area contributed by atoms with Gasteiger partial charge in [0.15, 0.2) is 11.6 Å². The number of imidazole rings is 2. The molecule has 0 amide bonds. The second-order valence-electron chi connectivity index (χ2n) is 8.03. The van der Waals surface area contributed by atoms with Gasteiger partial charge in [0.1, 0.15) is 22.2 Å². The Morgan fingerprint density at radius 3 is 2.76 bits per heavy atom. The molecule has 34 heavy (non-hydrogen) atoms. The fraction of sp³-hybridized carbons (Fsp3) is 0.227. The predicted octanol–water partition coefficient (Wildman–Crippen LogP) is 3.92. The molecular formula is C22H19F3N6O2S. The molecule has 3 aromatic heterocycles. The molecule has 176 valence electrons. The molecule has 1 atom stereocenters. The first-order chi connectivity index (χ1) is 16.2. The van der Waals surface area contributed by atoms with Gasteiger partial charge in [-0.3, -0.25) is 9.71 Å². The maximum Gasteiger partial charge on any atom is 0.263 e. The summed E-state index contributed by atoms with van der Waals surface area (Å²) in [6.07, 6.45) is 6.72. The Morgan fingerprint density at radius 1 is 1.18 bits per heavy atom. The third kappa shape index (κ3) is 3.83. The van der Waals surface area contributed by atoms with E-state index in [1.165, 1.54) is 6.92 Å². The molecular weight excluding hydrogens is 469 g/mol. The number of halogens is 3. The van der Waals surface area contributed by atoms with E-state index in [-0.39, 0.29) is 17.8 Å². The van der Waals surface area contributed by atoms with E-state index in [4.69, 9.17) is 0 Å². The number of hydrogen-bond donors (Lipinski definition) is 2. The number of aryl methyl sites for hydroxylation is 1. The zero-order valence-electron chi connectivity index (χ0n) is 17.9. The van der Waals surface area contributed by atoms with Crippen molar-refractivity contribution in [2.75, 3.05) is 4.72 Å². The number of benzene rings is 1. The van der Waals surface area contributed by atoms with Crippen LogP contribution in [0.3, 0.4) is 0 Å². The minimum absolute atomic E-state index is 0.0453. The van der Waals surface area contributed by atoms with Crippen molar-refractivity contribution in [2.24, 2.45) is 0 Å². The first-order valence-electron chi connectivity index (χ1n) is 10.4. The fourth-order valence-corrected chi connectivity index (χ4v) is 5.54. The average molecular weight is 488 g/mol. The molecule has 1 aliphatic heterocycles. The van der Waals surface area contributed by atoms with E-state index in [9.17, 15) is 17.2 Å². The third-order valence-electron chi connectivity index (χ3n) is 5.89. The summed E-state index contributed by atoms with van der Waals surface area (Å²) in [5.41, 5.74) is 0.993. The van der Waals surface area contributed by atoms with Crippen LogP contribution in [0, 0.1) is 24.4 Å². The molecule has 1 aliphatic rings. The van der Waals surface area contributed by atoms with Gasteiger partial charge in [0.2, 0.25) is 0 Å². The minimum atomic E-state index is -4.36. The summed E-state index contributed by atoms with van der Waals surface area (Å²) in [6, 6.07) is 2.82. The number of anilines is 1. The van der Waals surface area contributed by atoms with Crippen LogP contribution in [-0.4, -0.2) is 32.9 Å². The van der Waals surface area contributed by atoms with E-state index in [2.05, 4.69) is 24.7 Å². The molecule has 0 bridgehead atoms. The Bertz CT molecular complexity index is 1480. The van der Waals surface area contributed by atoms with Crippen molar-refractivity contribution < 1.29 is 21.6 Å². The Hall–Kier alpha value is -3.67. The number of pyridine rings is 1. The van der Waals surface area contributed by atoms with Gasteiger partial charge >= 0.3 is 0 Å². The van der Waals surface area contributed by atoms with E-state index in [0.717, 1.165) is 30.1 Å². The molecule has 0 spiro atoms. The van der Waals surface area contributed by atoms with Crippen LogP contribution in [0.5, 0.6) is 0 Å². The van der Waals surface area contributed by atoms with Crippen LogP contribution in [0.15, 0.2) is 48.0 Å². The highest BCUT2D eigenvalue weighted by Gasteiger charge is 2.30. The maximum absolute atomic E-state index is 15.5. The van der Waals surface area contributed by atoms with E-state index < -0.39 is 44.0 Å². The highest BCUT2D eigenvalue weighted by Crippen LogP contribution is 2.37. The summed E-state index contributed by atoms with van der Waals surface area (Å²) < 4.78 is 73.3. The van der Waals surface area contributed by atoms with Crippen LogP contribution in [0.2, 0.25) is 0 Å². The predicted molar refractivity (Wildman–Crippen MR) is 117 cm³/mol. The van der Waals surface area contributed by atoms with Crippen LogP contribution >= 0.6 is 0 Å². The molecule has 0 aliphatic carbocycles. The summed E-state index contributed by atoms with van der Waals surface area (Å²) >= 11 is 0. The molecule has 0 fully saturated rings. The second kappa shape index (κ2) is 8.28. The van der Waals surface area contributed by atoms with Gasteiger partial charge in [0, 0.05) is 36.1 Å². The normalized spacial score (nSPS) is 15.8. The number of aromatic amines is 1. The molecule has 0 saturated heterocycles. The second-order valence-corrected chi connectivity index (χ2v) is 9.68. The lowest BCUT2D eigenvalue weighted by Crippen LogP contribution is -2.22. The summed E-state index contributed by atoms with van der Waals surface area (Å²) in [6.45, 7) is 1.65. The number of sulfonamides is 1. The number of rotatable bonds is 5. The lowest BCUT2D eigenvalue weighted by Gasteiger charge is -2.26. The molecule has 0 saturated carbocycles. The number of aromatic nitrogens is 5. The van der Waals surface area contributed by atoms with Gasteiger partial charge in [0.25, 0.3) is 10.0 Å². The maximum atomic E-state index is 15.5. The summed E-state index contributed by atoms with van der Waals surface area (Å²) in [7, 11) is -4.36. The lowest BCUT2D eigenvalue weighted by molar-refractivity contribution is 0.427. The zero-order valence-corrected chi connectivity index (χ0v) is 18.7. The first kappa shape index (κ1) is 22.1. The quantitative estimate of drug-likeness (QED) is 0.443. The van der Waals surface area contributed by atoms with Gasteiger partial charge in [-0.1, -0.05) is 0 Å². The number of H-pyrrole nitrogens is 1. The van der Waals surface area contributed by atoms with E-state index in [1.54, 1.807) is 18.7 Å². The van der Waals surface area contributed by atoms with Crippen molar-refractivity contribution in [2.45, 2.75) is 37.1 Å². The SMILES string of the molecule is Cc1ncc(F)cc1S(=O)(=O)Nc1ccc(F)c([C@H]2CCc3c(-c4ncc[nH]4)ncn3C2)c1F. The molecule has 5 rings (SSSR count). The Balaban J connectivity index is 1.46. The van der Waals surface area contributed by atoms with Gasteiger partial charge in [-0.15, -0.1) is 0 Å². The van der Waals surface area contributed by atoms with Gasteiger partial charge in [-0.25, -0.2) is 31.6 Å². The largest absolute Gasteiger partial charge is 0.343 e. The Morgan fingerprint density at radius 2 is 2.00 bits per heavy atom. The monoisotopic (exact) mass is 488 g/mol. The highest BCUT2D eigenvalue weighted by atomic mass is 32.2. The fourth-order valence-electron chi connectivity index (χ4n) is 4.28. The molecule has 0 radical (unpaired) electrons. The van der Waals surface area contributed by atoms with E-state index in [0.29, 0.717) is 24.4 Å². The van der Waals surface area contributed by atoms with Crippen molar-refractivity contribution in [3.8, 4) is 11.5 Å². The van der Waals surface area contributed by atoms with Crippen LogP contribution < -0.4 is 4.72 Å². The smallest absolute Gasteiger partial charge is 0.263 e. The molecule has 2 N–H and O–H groups in total. The molecule has 4 aromatic rings. The summed E-state index contributed by atoms with van der Waals surface area (Å²) in [5, 5.41) is 0. The highest BCUT2D eigenvalue weighted by molar-refractivity contribution is 7.92. The standard InChI is InChI=1S/C22H19F3N6O2S/c1-12-18(8-14(23)9-28-12)34(32,33)30-16-4-3-15(24)19(20(16)25)13-2-5-17-21(22-26-6-7-27-22)29-11-31(17)10-13/h3-4,6-9,11,13,30H,2,5,10H2,1H3,(H,26,27)/t13-/m0/s1. The summed E-state index contributed by atoms with van der Waals surface area (Å²) in [5.74, 6) is -2.57. The van der Waals surface area contributed by atoms with Crippen molar-refractivity contribution in [1.82, 2.24) is 24.5 Å². The topological polar surface area (TPSA) is 106 Å². The minimum Gasteiger partial charge on any atom is -0.343 e. The van der Waals surface area contributed by atoms with Gasteiger partial charge in [-0.05, 0) is 38.0 Å². The van der Waals surface area contributed by atoms with E-state index >= 15 is 4.39 Å². The molecule has 4 heterocycles. The van der Waals surface area contributed by atoms with Crippen LogP contribution in [0.25, 0.3) is 11.5 Å². The number of hydrogen-bond acceptors (Lipinski definition) is 5. The Labute approximate surface area is 193 Å². The molecule has 0 unspecified atom stereocenters. The number of nitrogens with zero attached hydrogens (tertiary/aromatic N) is 4. The average Bonchev–Trinajstić information content (AvgIpc) is 3.47. The third-order valence-corrected chi connectivity index (χ3v) is 7.37. The van der Waals surface area contributed by atoms with Crippen LogP contribution in [0.4, 0.5) is 18.9 Å². The van der Waals surface area contributed by atoms with Crippen molar-refractivity contribution in [1.29, 1.82) is 0 Å². The number of nitrogens with one attached hydrogen (secondary N) is 2. The van der Waals surface area contributed by atoms with Crippen LogP contribution in [0.1, 0.15) is 29.3 Å².